The molecule has 0 heterocycles. The normalized spacial score (nSPS) is 10.9. The van der Waals surface area contributed by atoms with Gasteiger partial charge in [0, 0.05) is 8.96 Å². The zero-order chi connectivity index (χ0) is 10.3. The molecule has 4 heteroatoms. The molecule has 0 nitrogen and oxygen atoms in total. The van der Waals surface area contributed by atoms with Gasteiger partial charge >= 0.3 is 0 Å². The Hall–Kier alpha value is -0.780. The zero-order valence-electron chi connectivity index (χ0n) is 6.82. The van der Waals surface area contributed by atoms with Crippen LogP contribution in [0.1, 0.15) is 0 Å². The highest BCUT2D eigenvalue weighted by Crippen LogP contribution is 2.24. The molecule has 0 aliphatic heterocycles. The van der Waals surface area contributed by atoms with Gasteiger partial charge < -0.3 is 0 Å². The van der Waals surface area contributed by atoms with Gasteiger partial charge in [-0.15, -0.1) is 0 Å². The van der Waals surface area contributed by atoms with Crippen molar-refractivity contribution in [2.75, 3.05) is 0 Å². The molecule has 0 fully saturated rings. The molecule has 0 N–H and O–H groups in total. The van der Waals surface area contributed by atoms with Crippen molar-refractivity contribution < 1.29 is 13.2 Å². The third-order valence-corrected chi connectivity index (χ3v) is 2.61. The standard InChI is InChI=1S/C10H4F3I/c11-8-4-5-3-6(14)1-2-7(5)9(12)10(8)13/h1-4H. The van der Waals surface area contributed by atoms with E-state index in [2.05, 4.69) is 0 Å². The first-order valence-corrected chi connectivity index (χ1v) is 4.90. The van der Waals surface area contributed by atoms with Crippen LogP contribution in [0.25, 0.3) is 10.8 Å². The average Bonchev–Trinajstić information content (AvgIpc) is 2.14. The van der Waals surface area contributed by atoms with Crippen molar-refractivity contribution in [3.63, 3.8) is 0 Å². The van der Waals surface area contributed by atoms with Gasteiger partial charge in [0.2, 0.25) is 0 Å². The Morgan fingerprint density at radius 2 is 1.64 bits per heavy atom. The molecule has 0 aliphatic rings. The van der Waals surface area contributed by atoms with Gasteiger partial charge in [-0.3, -0.25) is 0 Å². The van der Waals surface area contributed by atoms with Crippen LogP contribution in [-0.4, -0.2) is 0 Å². The van der Waals surface area contributed by atoms with Crippen molar-refractivity contribution in [2.24, 2.45) is 0 Å². The van der Waals surface area contributed by atoms with Gasteiger partial charge in [0.25, 0.3) is 0 Å². The third kappa shape index (κ3) is 1.47. The molecule has 14 heavy (non-hydrogen) atoms. The van der Waals surface area contributed by atoms with Crippen LogP contribution in [0.3, 0.4) is 0 Å². The minimum Gasteiger partial charge on any atom is -0.204 e. The van der Waals surface area contributed by atoms with E-state index in [9.17, 15) is 13.2 Å². The lowest BCUT2D eigenvalue weighted by molar-refractivity contribution is 0.453. The number of rotatable bonds is 0. The molecule has 0 amide bonds. The molecule has 2 aromatic rings. The van der Waals surface area contributed by atoms with Crippen molar-refractivity contribution in [1.29, 1.82) is 0 Å². The summed E-state index contributed by atoms with van der Waals surface area (Å²) in [5.74, 6) is -3.70. The van der Waals surface area contributed by atoms with E-state index in [1.54, 1.807) is 12.1 Å². The summed E-state index contributed by atoms with van der Waals surface area (Å²) in [4.78, 5) is 0. The summed E-state index contributed by atoms with van der Waals surface area (Å²) in [5, 5.41) is 0.470. The lowest BCUT2D eigenvalue weighted by Gasteiger charge is -2.02. The molecule has 0 bridgehead atoms. The SMILES string of the molecule is Fc1cc2cc(I)ccc2c(F)c1F. The van der Waals surface area contributed by atoms with Crippen LogP contribution in [0.15, 0.2) is 24.3 Å². The van der Waals surface area contributed by atoms with E-state index in [-0.39, 0.29) is 5.39 Å². The minimum absolute atomic E-state index is 0.101. The van der Waals surface area contributed by atoms with Crippen LogP contribution in [0, 0.1) is 21.0 Å². The molecule has 0 spiro atoms. The van der Waals surface area contributed by atoms with Crippen molar-refractivity contribution >= 4 is 33.4 Å². The summed E-state index contributed by atoms with van der Waals surface area (Å²) < 4.78 is 39.7. The van der Waals surface area contributed by atoms with E-state index < -0.39 is 17.5 Å². The van der Waals surface area contributed by atoms with E-state index in [0.29, 0.717) is 5.39 Å². The van der Waals surface area contributed by atoms with Gasteiger partial charge in [0.05, 0.1) is 0 Å². The predicted molar refractivity (Wildman–Crippen MR) is 56.5 cm³/mol. The molecule has 2 rings (SSSR count). The smallest absolute Gasteiger partial charge is 0.195 e. The molecular weight excluding hydrogens is 304 g/mol. The van der Waals surface area contributed by atoms with Crippen LogP contribution in [-0.2, 0) is 0 Å². The molecule has 0 saturated heterocycles. The summed E-state index contributed by atoms with van der Waals surface area (Å²) in [6, 6.07) is 5.68. The van der Waals surface area contributed by atoms with Crippen LogP contribution >= 0.6 is 22.6 Å². The number of hydrogen-bond acceptors (Lipinski definition) is 0. The highest BCUT2D eigenvalue weighted by atomic mass is 127. The molecule has 0 unspecified atom stereocenters. The third-order valence-electron chi connectivity index (χ3n) is 1.93. The fourth-order valence-corrected chi connectivity index (χ4v) is 1.79. The summed E-state index contributed by atoms with van der Waals surface area (Å²) >= 11 is 2.02. The topological polar surface area (TPSA) is 0 Å². The fourth-order valence-electron chi connectivity index (χ4n) is 1.28. The Kier molecular flexibility index (Phi) is 2.38. The number of hydrogen-bond donors (Lipinski definition) is 0. The zero-order valence-corrected chi connectivity index (χ0v) is 8.98. The van der Waals surface area contributed by atoms with Gasteiger partial charge in [-0.25, -0.2) is 13.2 Å². The molecule has 0 aliphatic carbocycles. The van der Waals surface area contributed by atoms with Crippen molar-refractivity contribution in [2.45, 2.75) is 0 Å². The molecule has 0 aromatic heterocycles. The lowest BCUT2D eigenvalue weighted by Crippen LogP contribution is -1.92. The monoisotopic (exact) mass is 308 g/mol. The van der Waals surface area contributed by atoms with Crippen molar-refractivity contribution in [1.82, 2.24) is 0 Å². The highest BCUT2D eigenvalue weighted by molar-refractivity contribution is 14.1. The van der Waals surface area contributed by atoms with Crippen LogP contribution < -0.4 is 0 Å². The van der Waals surface area contributed by atoms with E-state index in [4.69, 9.17) is 0 Å². The van der Waals surface area contributed by atoms with E-state index in [1.165, 1.54) is 6.07 Å². The lowest BCUT2D eigenvalue weighted by atomic mass is 10.1. The number of halogens is 4. The fraction of sp³-hybridized carbons (Fsp3) is 0. The maximum Gasteiger partial charge on any atom is 0.195 e. The van der Waals surface area contributed by atoms with Crippen LogP contribution in [0.4, 0.5) is 13.2 Å². The van der Waals surface area contributed by atoms with E-state index in [0.717, 1.165) is 9.64 Å². The summed E-state index contributed by atoms with van der Waals surface area (Å²) in [7, 11) is 0. The van der Waals surface area contributed by atoms with Gasteiger partial charge in [-0.1, -0.05) is 6.07 Å². The second-order valence-corrected chi connectivity index (χ2v) is 4.10. The van der Waals surface area contributed by atoms with Gasteiger partial charge in [0.1, 0.15) is 0 Å². The largest absolute Gasteiger partial charge is 0.204 e. The van der Waals surface area contributed by atoms with Gasteiger partial charge in [0.15, 0.2) is 17.5 Å². The van der Waals surface area contributed by atoms with Crippen LogP contribution in [0.5, 0.6) is 0 Å². The van der Waals surface area contributed by atoms with E-state index in [1.807, 2.05) is 22.6 Å². The van der Waals surface area contributed by atoms with Gasteiger partial charge in [-0.05, 0) is 46.2 Å². The Balaban J connectivity index is 2.91. The van der Waals surface area contributed by atoms with Gasteiger partial charge in [-0.2, -0.15) is 0 Å². The Morgan fingerprint density at radius 1 is 0.929 bits per heavy atom. The Labute approximate surface area is 91.9 Å². The molecule has 0 radical (unpaired) electrons. The molecular formula is C10H4F3I. The second kappa shape index (κ2) is 3.42. The van der Waals surface area contributed by atoms with Crippen LogP contribution in [0.2, 0.25) is 0 Å². The minimum atomic E-state index is -1.42. The predicted octanol–water partition coefficient (Wildman–Crippen LogP) is 3.86. The maximum absolute atomic E-state index is 13.2. The Morgan fingerprint density at radius 3 is 2.36 bits per heavy atom. The quantitative estimate of drug-likeness (QED) is 0.512. The maximum atomic E-state index is 13.2. The molecule has 0 atom stereocenters. The molecule has 2 aromatic carbocycles. The summed E-state index contributed by atoms with van der Waals surface area (Å²) in [6.07, 6.45) is 0. The average molecular weight is 308 g/mol. The second-order valence-electron chi connectivity index (χ2n) is 2.85. The van der Waals surface area contributed by atoms with E-state index >= 15 is 0 Å². The highest BCUT2D eigenvalue weighted by Gasteiger charge is 2.12. The number of fused-ring (bicyclic) bond motifs is 1. The summed E-state index contributed by atoms with van der Waals surface area (Å²) in [5.41, 5.74) is 0. The van der Waals surface area contributed by atoms with Crippen molar-refractivity contribution in [3.8, 4) is 0 Å². The number of benzene rings is 2. The first-order chi connectivity index (χ1) is 6.59. The Bertz CT molecular complexity index is 508. The first-order valence-electron chi connectivity index (χ1n) is 3.82. The molecule has 0 saturated carbocycles. The first kappa shape index (κ1) is 9.76. The van der Waals surface area contributed by atoms with Crippen molar-refractivity contribution in [3.05, 3.63) is 45.3 Å². The molecule has 72 valence electrons. The summed E-state index contributed by atoms with van der Waals surface area (Å²) in [6.45, 7) is 0.